The van der Waals surface area contributed by atoms with E-state index in [1.165, 1.54) is 6.07 Å². The molecule has 0 heterocycles. The first-order valence-electron chi connectivity index (χ1n) is 5.77. The van der Waals surface area contributed by atoms with Crippen LogP contribution in [0.25, 0.3) is 0 Å². The topological polar surface area (TPSA) is 12.0 Å². The summed E-state index contributed by atoms with van der Waals surface area (Å²) in [5, 5.41) is 3.55. The molecule has 0 saturated heterocycles. The summed E-state index contributed by atoms with van der Waals surface area (Å²) in [7, 11) is 0. The fourth-order valence-corrected chi connectivity index (χ4v) is 1.75. The highest BCUT2D eigenvalue weighted by atomic mass is 35.5. The zero-order chi connectivity index (χ0) is 12.7. The summed E-state index contributed by atoms with van der Waals surface area (Å²) >= 11 is 5.79. The second kappa shape index (κ2) is 7.32. The predicted molar refractivity (Wildman–Crippen MR) is 70.5 cm³/mol. The molecule has 1 N–H and O–H groups in total. The molecule has 1 atom stereocenters. The largest absolute Gasteiger partial charge is 0.309 e. The molecule has 0 saturated carbocycles. The molecule has 0 aliphatic rings. The minimum absolute atomic E-state index is 0.112. The molecule has 0 amide bonds. The number of nitrogens with one attached hydrogen (secondary N) is 1. The number of benzene rings is 1. The molecule has 1 nitrogen and oxygen atoms in total. The average molecular weight is 254 g/mol. The lowest BCUT2D eigenvalue weighted by Gasteiger charge is -2.16. The summed E-state index contributed by atoms with van der Waals surface area (Å²) in [4.78, 5) is 0. The van der Waals surface area contributed by atoms with Gasteiger partial charge in [-0.05, 0) is 37.6 Å². The van der Waals surface area contributed by atoms with Gasteiger partial charge in [0.05, 0.1) is 5.02 Å². The second-order valence-electron chi connectivity index (χ2n) is 3.81. The Hall–Kier alpha value is -1.04. The van der Waals surface area contributed by atoms with E-state index in [0.29, 0.717) is 6.42 Å². The third-order valence-corrected chi connectivity index (χ3v) is 2.76. The Morgan fingerprint density at radius 1 is 1.47 bits per heavy atom. The number of halogens is 2. The maximum absolute atomic E-state index is 13.1. The fourth-order valence-electron chi connectivity index (χ4n) is 1.56. The Balaban J connectivity index is 2.85. The summed E-state index contributed by atoms with van der Waals surface area (Å²) in [6.45, 7) is 4.83. The molecular weight excluding hydrogens is 237 g/mol. The van der Waals surface area contributed by atoms with Gasteiger partial charge in [-0.25, -0.2) is 4.39 Å². The van der Waals surface area contributed by atoms with Crippen LogP contribution in [0.1, 0.15) is 38.3 Å². The summed E-state index contributed by atoms with van der Waals surface area (Å²) in [5.41, 5.74) is 0.979. The molecule has 1 rings (SSSR count). The lowest BCUT2D eigenvalue weighted by atomic mass is 10.0. The van der Waals surface area contributed by atoms with Gasteiger partial charge in [-0.2, -0.15) is 0 Å². The highest BCUT2D eigenvalue weighted by Crippen LogP contribution is 2.22. The van der Waals surface area contributed by atoms with Crippen LogP contribution < -0.4 is 5.32 Å². The van der Waals surface area contributed by atoms with Crippen LogP contribution in [-0.2, 0) is 0 Å². The molecule has 0 spiro atoms. The van der Waals surface area contributed by atoms with E-state index < -0.39 is 0 Å². The molecule has 0 bridgehead atoms. The van der Waals surface area contributed by atoms with Crippen molar-refractivity contribution in [2.45, 2.75) is 32.7 Å². The van der Waals surface area contributed by atoms with Crippen molar-refractivity contribution in [3.63, 3.8) is 0 Å². The minimum atomic E-state index is -0.383. The van der Waals surface area contributed by atoms with Gasteiger partial charge in [0.1, 0.15) is 5.82 Å². The molecule has 1 aromatic rings. The van der Waals surface area contributed by atoms with E-state index in [1.54, 1.807) is 12.1 Å². The SMILES string of the molecule is CC#CCC(NCCC)c1ccc(F)c(Cl)c1. The van der Waals surface area contributed by atoms with Crippen molar-refractivity contribution in [2.24, 2.45) is 0 Å². The van der Waals surface area contributed by atoms with Gasteiger partial charge in [0.25, 0.3) is 0 Å². The zero-order valence-corrected chi connectivity index (χ0v) is 10.9. The minimum Gasteiger partial charge on any atom is -0.309 e. The highest BCUT2D eigenvalue weighted by molar-refractivity contribution is 6.30. The Bertz CT molecular complexity index is 420. The van der Waals surface area contributed by atoms with Crippen LogP contribution in [0.3, 0.4) is 0 Å². The smallest absolute Gasteiger partial charge is 0.141 e. The first kappa shape index (κ1) is 14.0. The van der Waals surface area contributed by atoms with Crippen molar-refractivity contribution in [2.75, 3.05) is 6.54 Å². The number of rotatable bonds is 5. The summed E-state index contributed by atoms with van der Waals surface area (Å²) in [6, 6.07) is 4.94. The van der Waals surface area contributed by atoms with Crippen LogP contribution in [0.15, 0.2) is 18.2 Å². The third kappa shape index (κ3) is 4.38. The predicted octanol–water partition coefficient (Wildman–Crippen LogP) is 3.93. The van der Waals surface area contributed by atoms with Gasteiger partial charge in [0.2, 0.25) is 0 Å². The molecule has 92 valence electrons. The Morgan fingerprint density at radius 3 is 2.82 bits per heavy atom. The van der Waals surface area contributed by atoms with Crippen LogP contribution in [0.5, 0.6) is 0 Å². The van der Waals surface area contributed by atoms with E-state index in [2.05, 4.69) is 24.1 Å². The van der Waals surface area contributed by atoms with Gasteiger partial charge in [0.15, 0.2) is 0 Å². The van der Waals surface area contributed by atoms with E-state index in [0.717, 1.165) is 18.5 Å². The Kier molecular flexibility index (Phi) is 6.04. The van der Waals surface area contributed by atoms with E-state index in [-0.39, 0.29) is 16.9 Å². The molecule has 0 aromatic heterocycles. The summed E-state index contributed by atoms with van der Waals surface area (Å²) < 4.78 is 13.1. The van der Waals surface area contributed by atoms with Crippen molar-refractivity contribution >= 4 is 11.6 Å². The van der Waals surface area contributed by atoms with Gasteiger partial charge in [-0.3, -0.25) is 0 Å². The lowest BCUT2D eigenvalue weighted by Crippen LogP contribution is -2.21. The van der Waals surface area contributed by atoms with Crippen LogP contribution in [-0.4, -0.2) is 6.54 Å². The van der Waals surface area contributed by atoms with Crippen LogP contribution >= 0.6 is 11.6 Å². The molecule has 0 aliphatic heterocycles. The van der Waals surface area contributed by atoms with E-state index in [4.69, 9.17) is 11.6 Å². The average Bonchev–Trinajstić information content (AvgIpc) is 2.33. The molecule has 1 aromatic carbocycles. The first-order valence-corrected chi connectivity index (χ1v) is 6.14. The van der Waals surface area contributed by atoms with Gasteiger partial charge >= 0.3 is 0 Å². The van der Waals surface area contributed by atoms with Crippen molar-refractivity contribution in [3.8, 4) is 11.8 Å². The van der Waals surface area contributed by atoms with Crippen molar-refractivity contribution in [3.05, 3.63) is 34.6 Å². The highest BCUT2D eigenvalue weighted by Gasteiger charge is 2.11. The van der Waals surface area contributed by atoms with Gasteiger partial charge in [0, 0.05) is 12.5 Å². The summed E-state index contributed by atoms with van der Waals surface area (Å²) in [5.74, 6) is 5.53. The molecule has 3 heteroatoms. The van der Waals surface area contributed by atoms with Crippen LogP contribution in [0.4, 0.5) is 4.39 Å². The summed E-state index contributed by atoms with van der Waals surface area (Å²) in [6.07, 6.45) is 1.75. The maximum atomic E-state index is 13.1. The molecule has 17 heavy (non-hydrogen) atoms. The van der Waals surface area contributed by atoms with E-state index in [9.17, 15) is 4.39 Å². The zero-order valence-electron chi connectivity index (χ0n) is 10.2. The number of hydrogen-bond acceptors (Lipinski definition) is 1. The molecular formula is C14H17ClFN. The molecule has 0 radical (unpaired) electrons. The maximum Gasteiger partial charge on any atom is 0.141 e. The quantitative estimate of drug-likeness (QED) is 0.784. The molecule has 0 aliphatic carbocycles. The number of hydrogen-bond donors (Lipinski definition) is 1. The Labute approximate surface area is 107 Å². The Morgan fingerprint density at radius 2 is 2.24 bits per heavy atom. The van der Waals surface area contributed by atoms with Crippen molar-refractivity contribution in [1.82, 2.24) is 5.32 Å². The van der Waals surface area contributed by atoms with Gasteiger partial charge in [-0.1, -0.05) is 24.6 Å². The molecule has 1 unspecified atom stereocenters. The lowest BCUT2D eigenvalue weighted by molar-refractivity contribution is 0.540. The standard InChI is InChI=1S/C14H17ClFN/c1-3-5-6-14(17-9-4-2)11-7-8-13(16)12(15)10-11/h7-8,10,14,17H,4,6,9H2,1-2H3. The van der Waals surface area contributed by atoms with Gasteiger partial charge in [-0.15, -0.1) is 11.8 Å². The monoisotopic (exact) mass is 253 g/mol. The van der Waals surface area contributed by atoms with E-state index >= 15 is 0 Å². The molecule has 0 fully saturated rings. The van der Waals surface area contributed by atoms with E-state index in [1.807, 2.05) is 6.92 Å². The fraction of sp³-hybridized carbons (Fsp3) is 0.429. The van der Waals surface area contributed by atoms with Crippen molar-refractivity contribution < 1.29 is 4.39 Å². The normalized spacial score (nSPS) is 11.8. The van der Waals surface area contributed by atoms with Crippen molar-refractivity contribution in [1.29, 1.82) is 0 Å². The second-order valence-corrected chi connectivity index (χ2v) is 4.22. The van der Waals surface area contributed by atoms with Crippen LogP contribution in [0, 0.1) is 17.7 Å². The first-order chi connectivity index (χ1) is 8.19. The third-order valence-electron chi connectivity index (χ3n) is 2.47. The van der Waals surface area contributed by atoms with Crippen LogP contribution in [0.2, 0.25) is 5.02 Å². The van der Waals surface area contributed by atoms with Gasteiger partial charge < -0.3 is 5.32 Å².